The Morgan fingerprint density at radius 1 is 1.40 bits per heavy atom. The van der Waals surface area contributed by atoms with Gasteiger partial charge in [-0.25, -0.2) is 9.97 Å². The molecule has 0 saturated carbocycles. The number of anilines is 1. The fourth-order valence-electron chi connectivity index (χ4n) is 1.85. The molecule has 0 unspecified atom stereocenters. The summed E-state index contributed by atoms with van der Waals surface area (Å²) in [5, 5.41) is 0. The molecule has 2 aromatic rings. The molecule has 2 N–H and O–H groups in total. The lowest BCUT2D eigenvalue weighted by atomic mass is 10.1. The quantitative estimate of drug-likeness (QED) is 0.815. The van der Waals surface area contributed by atoms with Crippen molar-refractivity contribution < 1.29 is 0 Å². The molecule has 15 heavy (non-hydrogen) atoms. The van der Waals surface area contributed by atoms with Crippen LogP contribution in [-0.2, 0) is 6.54 Å². The summed E-state index contributed by atoms with van der Waals surface area (Å²) in [5.41, 5.74) is 9.06. The molecule has 0 aliphatic rings. The van der Waals surface area contributed by atoms with Gasteiger partial charge >= 0.3 is 0 Å². The fraction of sp³-hybridized carbons (Fsp3) is 0.455. The molecule has 0 radical (unpaired) electrons. The van der Waals surface area contributed by atoms with Crippen molar-refractivity contribution in [2.75, 3.05) is 5.73 Å². The molecule has 0 spiro atoms. The van der Waals surface area contributed by atoms with Crippen molar-refractivity contribution in [3.05, 3.63) is 18.1 Å². The minimum Gasteiger partial charge on any atom is -0.382 e. The standard InChI is InChI=1S/C11H16N4/c1-4-15-5-8(7(2)3)9-10(15)11(12)14-6-13-9/h5-7H,4H2,1-3H3,(H2,12,13,14). The van der Waals surface area contributed by atoms with Gasteiger partial charge in [-0.1, -0.05) is 13.8 Å². The highest BCUT2D eigenvalue weighted by molar-refractivity contribution is 5.88. The summed E-state index contributed by atoms with van der Waals surface area (Å²) in [6, 6.07) is 0. The molecular formula is C11H16N4. The van der Waals surface area contributed by atoms with Crippen molar-refractivity contribution in [3.8, 4) is 0 Å². The molecule has 0 aromatic carbocycles. The Kier molecular flexibility index (Phi) is 2.34. The van der Waals surface area contributed by atoms with Gasteiger partial charge in [0, 0.05) is 12.7 Å². The molecule has 0 saturated heterocycles. The van der Waals surface area contributed by atoms with Crippen molar-refractivity contribution >= 4 is 16.9 Å². The third kappa shape index (κ3) is 1.46. The molecule has 0 aliphatic carbocycles. The van der Waals surface area contributed by atoms with Crippen LogP contribution in [0.25, 0.3) is 11.0 Å². The van der Waals surface area contributed by atoms with E-state index in [0.717, 1.165) is 17.6 Å². The summed E-state index contributed by atoms with van der Waals surface area (Å²) in [5.74, 6) is 1.02. The highest BCUT2D eigenvalue weighted by Gasteiger charge is 2.14. The van der Waals surface area contributed by atoms with Crippen LogP contribution in [0.4, 0.5) is 5.82 Å². The average molecular weight is 204 g/mol. The summed E-state index contributed by atoms with van der Waals surface area (Å²) in [6.45, 7) is 7.30. The van der Waals surface area contributed by atoms with Crippen molar-refractivity contribution in [1.29, 1.82) is 0 Å². The highest BCUT2D eigenvalue weighted by atomic mass is 15.0. The minimum atomic E-state index is 0.453. The van der Waals surface area contributed by atoms with Gasteiger partial charge in [0.2, 0.25) is 0 Å². The molecule has 4 heteroatoms. The van der Waals surface area contributed by atoms with Crippen LogP contribution in [-0.4, -0.2) is 14.5 Å². The number of hydrogen-bond acceptors (Lipinski definition) is 3. The van der Waals surface area contributed by atoms with Crippen molar-refractivity contribution in [1.82, 2.24) is 14.5 Å². The Bertz CT molecular complexity index is 485. The van der Waals surface area contributed by atoms with E-state index in [1.54, 1.807) is 0 Å². The number of aromatic nitrogens is 3. The van der Waals surface area contributed by atoms with E-state index in [-0.39, 0.29) is 0 Å². The molecule has 0 aliphatic heterocycles. The van der Waals surface area contributed by atoms with Crippen LogP contribution in [0.15, 0.2) is 12.5 Å². The molecule has 2 aromatic heterocycles. The number of nitrogen functional groups attached to an aromatic ring is 1. The molecule has 0 fully saturated rings. The number of nitrogens with two attached hydrogens (primary N) is 1. The number of rotatable bonds is 2. The second kappa shape index (κ2) is 3.53. The van der Waals surface area contributed by atoms with E-state index in [0.29, 0.717) is 11.7 Å². The van der Waals surface area contributed by atoms with Crippen LogP contribution in [0.3, 0.4) is 0 Å². The lowest BCUT2D eigenvalue weighted by Crippen LogP contribution is -1.98. The molecule has 0 bridgehead atoms. The van der Waals surface area contributed by atoms with Gasteiger partial charge in [-0.15, -0.1) is 0 Å². The zero-order valence-corrected chi connectivity index (χ0v) is 9.36. The van der Waals surface area contributed by atoms with Gasteiger partial charge in [0.25, 0.3) is 0 Å². The predicted octanol–water partition coefficient (Wildman–Crippen LogP) is 2.16. The summed E-state index contributed by atoms with van der Waals surface area (Å²) in [4.78, 5) is 8.35. The van der Waals surface area contributed by atoms with Crippen LogP contribution in [0.5, 0.6) is 0 Å². The van der Waals surface area contributed by atoms with Gasteiger partial charge in [-0.3, -0.25) is 0 Å². The van der Waals surface area contributed by atoms with Crippen LogP contribution in [0.1, 0.15) is 32.3 Å². The van der Waals surface area contributed by atoms with E-state index in [2.05, 4.69) is 41.5 Å². The fourth-order valence-corrected chi connectivity index (χ4v) is 1.85. The topological polar surface area (TPSA) is 56.7 Å². The van der Waals surface area contributed by atoms with Crippen molar-refractivity contribution in [3.63, 3.8) is 0 Å². The van der Waals surface area contributed by atoms with E-state index < -0.39 is 0 Å². The first kappa shape index (κ1) is 9.96. The van der Waals surface area contributed by atoms with Crippen LogP contribution >= 0.6 is 0 Å². The Labute approximate surface area is 89.1 Å². The second-order valence-electron chi connectivity index (χ2n) is 3.98. The largest absolute Gasteiger partial charge is 0.382 e. The Morgan fingerprint density at radius 2 is 2.13 bits per heavy atom. The van der Waals surface area contributed by atoms with E-state index >= 15 is 0 Å². The molecule has 4 nitrogen and oxygen atoms in total. The first-order valence-electron chi connectivity index (χ1n) is 5.24. The third-order valence-electron chi connectivity index (χ3n) is 2.67. The number of aryl methyl sites for hydroxylation is 1. The monoisotopic (exact) mass is 204 g/mol. The Hall–Kier alpha value is -1.58. The Balaban J connectivity index is 2.81. The normalized spacial score (nSPS) is 11.5. The second-order valence-corrected chi connectivity index (χ2v) is 3.98. The maximum absolute atomic E-state index is 5.87. The van der Waals surface area contributed by atoms with Crippen molar-refractivity contribution in [2.24, 2.45) is 0 Å². The van der Waals surface area contributed by atoms with Gasteiger partial charge in [0.1, 0.15) is 11.8 Å². The van der Waals surface area contributed by atoms with Crippen LogP contribution < -0.4 is 5.73 Å². The highest BCUT2D eigenvalue weighted by Crippen LogP contribution is 2.27. The summed E-state index contributed by atoms with van der Waals surface area (Å²) >= 11 is 0. The smallest absolute Gasteiger partial charge is 0.151 e. The van der Waals surface area contributed by atoms with Crippen molar-refractivity contribution in [2.45, 2.75) is 33.2 Å². The molecule has 0 amide bonds. The van der Waals surface area contributed by atoms with Gasteiger partial charge in [-0.05, 0) is 18.4 Å². The predicted molar refractivity (Wildman–Crippen MR) is 61.7 cm³/mol. The first-order valence-corrected chi connectivity index (χ1v) is 5.24. The van der Waals surface area contributed by atoms with Crippen LogP contribution in [0.2, 0.25) is 0 Å². The molecule has 0 atom stereocenters. The van der Waals surface area contributed by atoms with Crippen LogP contribution in [0, 0.1) is 0 Å². The third-order valence-corrected chi connectivity index (χ3v) is 2.67. The summed E-state index contributed by atoms with van der Waals surface area (Å²) in [7, 11) is 0. The molecular weight excluding hydrogens is 188 g/mol. The van der Waals surface area contributed by atoms with Gasteiger partial charge in [0.05, 0.1) is 5.52 Å². The van der Waals surface area contributed by atoms with Gasteiger partial charge in [-0.2, -0.15) is 0 Å². The number of nitrogens with zero attached hydrogens (tertiary/aromatic N) is 3. The zero-order chi connectivity index (χ0) is 11.0. The first-order chi connectivity index (χ1) is 7.15. The molecule has 80 valence electrons. The van der Waals surface area contributed by atoms with Gasteiger partial charge < -0.3 is 10.3 Å². The maximum atomic E-state index is 5.87. The molecule has 2 heterocycles. The van der Waals surface area contributed by atoms with E-state index in [4.69, 9.17) is 5.73 Å². The summed E-state index contributed by atoms with van der Waals surface area (Å²) < 4.78 is 2.11. The van der Waals surface area contributed by atoms with Gasteiger partial charge in [0.15, 0.2) is 5.82 Å². The van der Waals surface area contributed by atoms with E-state index in [1.165, 1.54) is 11.9 Å². The summed E-state index contributed by atoms with van der Waals surface area (Å²) in [6.07, 6.45) is 3.66. The van der Waals surface area contributed by atoms with E-state index in [9.17, 15) is 0 Å². The minimum absolute atomic E-state index is 0.453. The average Bonchev–Trinajstić information content (AvgIpc) is 2.58. The molecule has 2 rings (SSSR count). The number of fused-ring (bicyclic) bond motifs is 1. The maximum Gasteiger partial charge on any atom is 0.151 e. The Morgan fingerprint density at radius 3 is 2.73 bits per heavy atom. The lowest BCUT2D eigenvalue weighted by Gasteiger charge is -2.01. The van der Waals surface area contributed by atoms with E-state index in [1.807, 2.05) is 0 Å². The lowest BCUT2D eigenvalue weighted by molar-refractivity contribution is 0.780. The SMILES string of the molecule is CCn1cc(C(C)C)c2ncnc(N)c21. The zero-order valence-electron chi connectivity index (χ0n) is 9.36. The number of hydrogen-bond donors (Lipinski definition) is 1.